The Morgan fingerprint density at radius 3 is 2.81 bits per heavy atom. The number of amides is 1. The monoisotopic (exact) mass is 237 g/mol. The molecule has 1 aliphatic rings. The van der Waals surface area contributed by atoms with Gasteiger partial charge in [-0.3, -0.25) is 4.90 Å². The topological polar surface area (TPSA) is 29.5 Å². The van der Waals surface area contributed by atoms with Gasteiger partial charge in [0.05, 0.1) is 11.4 Å². The van der Waals surface area contributed by atoms with Gasteiger partial charge in [-0.05, 0) is 18.9 Å². The Morgan fingerprint density at radius 1 is 1.50 bits per heavy atom. The quantitative estimate of drug-likeness (QED) is 0.818. The predicted molar refractivity (Wildman–Crippen MR) is 65.6 cm³/mol. The highest BCUT2D eigenvalue weighted by atomic mass is 32.1. The Morgan fingerprint density at radius 2 is 2.19 bits per heavy atom. The van der Waals surface area contributed by atoms with E-state index >= 15 is 0 Å². The smallest absolute Gasteiger partial charge is 0.411 e. The minimum absolute atomic E-state index is 0.0994. The van der Waals surface area contributed by atoms with Crippen LogP contribution in [0, 0.1) is 0 Å². The first-order valence-electron chi connectivity index (χ1n) is 5.35. The number of carbonyl (C=O) groups is 1. The second-order valence-corrected chi connectivity index (χ2v) is 4.71. The van der Waals surface area contributed by atoms with Crippen LogP contribution in [0.2, 0.25) is 0 Å². The summed E-state index contributed by atoms with van der Waals surface area (Å²) in [5.74, 6) is 0. The molecule has 0 N–H and O–H groups in total. The zero-order chi connectivity index (χ0) is 11.5. The van der Waals surface area contributed by atoms with Crippen LogP contribution in [-0.4, -0.2) is 29.0 Å². The van der Waals surface area contributed by atoms with Crippen LogP contribution in [0.1, 0.15) is 12.5 Å². The van der Waals surface area contributed by atoms with Crippen molar-refractivity contribution in [3.05, 3.63) is 35.9 Å². The van der Waals surface area contributed by atoms with Gasteiger partial charge in [0.2, 0.25) is 0 Å². The summed E-state index contributed by atoms with van der Waals surface area (Å²) in [5.41, 5.74) is 1.21. The second-order valence-electron chi connectivity index (χ2n) is 3.96. The second kappa shape index (κ2) is 4.78. The van der Waals surface area contributed by atoms with E-state index in [1.165, 1.54) is 5.56 Å². The van der Waals surface area contributed by atoms with Crippen LogP contribution in [0.25, 0.3) is 0 Å². The number of thiol groups is 1. The molecule has 1 aromatic rings. The minimum atomic E-state index is -0.261. The first kappa shape index (κ1) is 11.3. The minimum Gasteiger partial charge on any atom is -0.447 e. The first-order valence-corrected chi connectivity index (χ1v) is 5.87. The van der Waals surface area contributed by atoms with Gasteiger partial charge in [0, 0.05) is 0 Å². The summed E-state index contributed by atoms with van der Waals surface area (Å²) in [6.45, 7) is 2.34. The molecule has 0 saturated carbocycles. The van der Waals surface area contributed by atoms with Gasteiger partial charge in [-0.2, -0.15) is 12.6 Å². The van der Waals surface area contributed by atoms with Crippen molar-refractivity contribution in [2.75, 3.05) is 6.61 Å². The average Bonchev–Trinajstić information content (AvgIpc) is 2.61. The molecule has 1 saturated heterocycles. The van der Waals surface area contributed by atoms with Gasteiger partial charge >= 0.3 is 6.09 Å². The molecule has 0 radical (unpaired) electrons. The average molecular weight is 237 g/mol. The molecule has 2 rings (SSSR count). The van der Waals surface area contributed by atoms with Gasteiger partial charge in [-0.25, -0.2) is 4.79 Å². The summed E-state index contributed by atoms with van der Waals surface area (Å²) in [4.78, 5) is 13.2. The number of nitrogens with zero attached hydrogens (tertiary/aromatic N) is 1. The number of cyclic esters (lactones) is 1. The highest BCUT2D eigenvalue weighted by Crippen LogP contribution is 2.21. The van der Waals surface area contributed by atoms with Crippen molar-refractivity contribution >= 4 is 18.7 Å². The van der Waals surface area contributed by atoms with Crippen LogP contribution >= 0.6 is 12.6 Å². The predicted octanol–water partition coefficient (Wildman–Crippen LogP) is 2.33. The maximum atomic E-state index is 11.5. The van der Waals surface area contributed by atoms with Crippen molar-refractivity contribution in [1.82, 2.24) is 4.90 Å². The molecule has 2 atom stereocenters. The largest absolute Gasteiger partial charge is 0.447 e. The van der Waals surface area contributed by atoms with E-state index in [1.807, 2.05) is 25.1 Å². The Balaban J connectivity index is 2.07. The molecule has 0 aromatic heterocycles. The fourth-order valence-electron chi connectivity index (χ4n) is 1.97. The Hall–Kier alpha value is -1.16. The fraction of sp³-hybridized carbons (Fsp3) is 0.417. The molecule has 16 heavy (non-hydrogen) atoms. The lowest BCUT2D eigenvalue weighted by Crippen LogP contribution is -2.39. The van der Waals surface area contributed by atoms with E-state index in [4.69, 9.17) is 4.74 Å². The van der Waals surface area contributed by atoms with Crippen LogP contribution in [-0.2, 0) is 11.2 Å². The molecule has 86 valence electrons. The van der Waals surface area contributed by atoms with Crippen molar-refractivity contribution in [2.24, 2.45) is 0 Å². The summed E-state index contributed by atoms with van der Waals surface area (Å²) >= 11 is 4.30. The van der Waals surface area contributed by atoms with Crippen molar-refractivity contribution in [1.29, 1.82) is 0 Å². The fourth-order valence-corrected chi connectivity index (χ4v) is 2.26. The first-order chi connectivity index (χ1) is 7.68. The summed E-state index contributed by atoms with van der Waals surface area (Å²) in [5, 5.41) is -0.108. The van der Waals surface area contributed by atoms with E-state index in [0.717, 1.165) is 6.42 Å². The van der Waals surface area contributed by atoms with Gasteiger partial charge in [0.1, 0.15) is 6.61 Å². The normalized spacial score (nSPS) is 22.0. The summed E-state index contributed by atoms with van der Waals surface area (Å²) < 4.78 is 5.05. The van der Waals surface area contributed by atoms with Crippen LogP contribution in [0.5, 0.6) is 0 Å². The molecule has 3 nitrogen and oxygen atoms in total. The molecule has 0 aliphatic carbocycles. The lowest BCUT2D eigenvalue weighted by Gasteiger charge is -2.24. The molecule has 4 heteroatoms. The molecule has 1 heterocycles. The zero-order valence-electron chi connectivity index (χ0n) is 9.17. The maximum absolute atomic E-state index is 11.5. The van der Waals surface area contributed by atoms with Crippen molar-refractivity contribution < 1.29 is 9.53 Å². The van der Waals surface area contributed by atoms with Gasteiger partial charge in [0.25, 0.3) is 0 Å². The number of hydrogen-bond acceptors (Lipinski definition) is 3. The zero-order valence-corrected chi connectivity index (χ0v) is 10.1. The number of rotatable bonds is 3. The standard InChI is InChI=1S/C12H15NO2S/c1-9(16)13-11(8-15-12(13)14)7-10-5-3-2-4-6-10/h2-6,9,11,16H,7-8H2,1H3/t9?,11-/m1/s1. The van der Waals surface area contributed by atoms with Crippen LogP contribution in [0.4, 0.5) is 4.79 Å². The molecule has 1 unspecified atom stereocenters. The summed E-state index contributed by atoms with van der Waals surface area (Å²) in [7, 11) is 0. The van der Waals surface area contributed by atoms with Gasteiger partial charge < -0.3 is 4.74 Å². The van der Waals surface area contributed by atoms with Crippen molar-refractivity contribution in [2.45, 2.75) is 24.8 Å². The third-order valence-electron chi connectivity index (χ3n) is 2.72. The van der Waals surface area contributed by atoms with E-state index in [9.17, 15) is 4.79 Å². The number of ether oxygens (including phenoxy) is 1. The molecule has 1 aromatic carbocycles. The Kier molecular flexibility index (Phi) is 3.39. The van der Waals surface area contributed by atoms with Gasteiger partial charge in [-0.15, -0.1) is 0 Å². The number of benzene rings is 1. The molecule has 1 amide bonds. The van der Waals surface area contributed by atoms with E-state index < -0.39 is 0 Å². The van der Waals surface area contributed by atoms with Crippen LogP contribution in [0.15, 0.2) is 30.3 Å². The molecular weight excluding hydrogens is 222 g/mol. The highest BCUT2D eigenvalue weighted by molar-refractivity contribution is 7.80. The van der Waals surface area contributed by atoms with Crippen LogP contribution < -0.4 is 0 Å². The molecule has 1 fully saturated rings. The lowest BCUT2D eigenvalue weighted by atomic mass is 10.1. The highest BCUT2D eigenvalue weighted by Gasteiger charge is 2.34. The van der Waals surface area contributed by atoms with Crippen molar-refractivity contribution in [3.63, 3.8) is 0 Å². The van der Waals surface area contributed by atoms with Crippen molar-refractivity contribution in [3.8, 4) is 0 Å². The lowest BCUT2D eigenvalue weighted by molar-refractivity contribution is 0.156. The summed E-state index contributed by atoms with van der Waals surface area (Å²) in [6.07, 6.45) is 0.556. The van der Waals surface area contributed by atoms with Gasteiger partial charge in [-0.1, -0.05) is 30.3 Å². The molecule has 0 bridgehead atoms. The molecule has 0 spiro atoms. The number of carbonyl (C=O) groups excluding carboxylic acids is 1. The number of hydrogen-bond donors (Lipinski definition) is 1. The van der Waals surface area contributed by atoms with E-state index in [0.29, 0.717) is 6.61 Å². The van der Waals surface area contributed by atoms with E-state index in [-0.39, 0.29) is 17.5 Å². The molecule has 1 aliphatic heterocycles. The van der Waals surface area contributed by atoms with Gasteiger partial charge in [0.15, 0.2) is 0 Å². The SMILES string of the molecule is CC(S)N1C(=O)OC[C@H]1Cc1ccccc1. The Labute approximate surface area is 101 Å². The van der Waals surface area contributed by atoms with E-state index in [2.05, 4.69) is 24.8 Å². The maximum Gasteiger partial charge on any atom is 0.411 e. The van der Waals surface area contributed by atoms with E-state index in [1.54, 1.807) is 4.90 Å². The third-order valence-corrected chi connectivity index (χ3v) is 2.97. The molecular formula is C12H15NO2S. The third kappa shape index (κ3) is 2.32. The van der Waals surface area contributed by atoms with Crippen LogP contribution in [0.3, 0.4) is 0 Å². The Bertz CT molecular complexity index is 367. The summed E-state index contributed by atoms with van der Waals surface area (Å²) in [6, 6.07) is 10.2.